The van der Waals surface area contributed by atoms with Crippen molar-refractivity contribution in [1.82, 2.24) is 4.57 Å². The highest BCUT2D eigenvalue weighted by molar-refractivity contribution is 6.09. The quantitative estimate of drug-likeness (QED) is 0.216. The van der Waals surface area contributed by atoms with Crippen molar-refractivity contribution >= 4 is 38.8 Å². The maximum Gasteiger partial charge on any atom is 0.0541 e. The van der Waals surface area contributed by atoms with Crippen LogP contribution in [-0.2, 0) is 0 Å². The van der Waals surface area contributed by atoms with E-state index in [1.807, 2.05) is 0 Å². The normalized spacial score (nSPS) is 15.5. The number of para-hydroxylation sites is 3. The average molecular weight is 543 g/mol. The topological polar surface area (TPSA) is 8.17 Å². The minimum absolute atomic E-state index is 0.776. The van der Waals surface area contributed by atoms with Crippen molar-refractivity contribution in [2.45, 2.75) is 20.8 Å². The van der Waals surface area contributed by atoms with Crippen LogP contribution in [0.15, 0.2) is 140 Å². The van der Waals surface area contributed by atoms with Crippen LogP contribution in [0.1, 0.15) is 23.6 Å². The zero-order chi connectivity index (χ0) is 28.8. The second kappa shape index (κ2) is 10.4. The lowest BCUT2D eigenvalue weighted by Crippen LogP contribution is -2.18. The molecule has 5 aromatic carbocycles. The van der Waals surface area contributed by atoms with Crippen LogP contribution in [0.3, 0.4) is 0 Å². The Morgan fingerprint density at radius 2 is 1.24 bits per heavy atom. The van der Waals surface area contributed by atoms with Gasteiger partial charge in [0.2, 0.25) is 0 Å². The summed E-state index contributed by atoms with van der Waals surface area (Å²) in [5, 5.41) is 2.55. The molecule has 0 saturated carbocycles. The highest BCUT2D eigenvalue weighted by Gasteiger charge is 2.20. The lowest BCUT2D eigenvalue weighted by molar-refractivity contribution is 1.09. The number of aromatic nitrogens is 1. The molecule has 0 amide bonds. The van der Waals surface area contributed by atoms with E-state index < -0.39 is 0 Å². The van der Waals surface area contributed by atoms with Gasteiger partial charge in [0.1, 0.15) is 0 Å². The monoisotopic (exact) mass is 542 g/mol. The molecule has 1 aliphatic rings. The third-order valence-electron chi connectivity index (χ3n) is 8.47. The molecule has 0 spiro atoms. The first-order chi connectivity index (χ1) is 20.5. The minimum Gasteiger partial charge on any atom is -0.337 e. The molecule has 1 aliphatic heterocycles. The Kier molecular flexibility index (Phi) is 6.40. The number of benzene rings is 5. The fraction of sp³-hybridized carbons (Fsp3) is 0.100. The lowest BCUT2D eigenvalue weighted by atomic mass is 9.91. The number of anilines is 2. The van der Waals surface area contributed by atoms with Gasteiger partial charge in [0.15, 0.2) is 0 Å². The summed E-state index contributed by atoms with van der Waals surface area (Å²) in [7, 11) is 0. The fourth-order valence-corrected chi connectivity index (χ4v) is 6.40. The molecule has 0 aliphatic carbocycles. The molecule has 0 N–H and O–H groups in total. The van der Waals surface area contributed by atoms with Crippen molar-refractivity contribution in [3.63, 3.8) is 0 Å². The highest BCUT2D eigenvalue weighted by Crippen LogP contribution is 2.41. The largest absolute Gasteiger partial charge is 0.337 e. The van der Waals surface area contributed by atoms with Gasteiger partial charge in [-0.25, -0.2) is 0 Å². The zero-order valence-electron chi connectivity index (χ0n) is 24.4. The van der Waals surface area contributed by atoms with Crippen molar-refractivity contribution in [3.05, 3.63) is 156 Å². The van der Waals surface area contributed by atoms with E-state index in [0.29, 0.717) is 0 Å². The number of allylic oxidation sites excluding steroid dienone is 4. The Bertz CT molecular complexity index is 2000. The molecule has 0 atom stereocenters. The van der Waals surface area contributed by atoms with Crippen LogP contribution in [-0.4, -0.2) is 11.1 Å². The number of rotatable bonds is 3. The molecule has 2 nitrogen and oxygen atoms in total. The van der Waals surface area contributed by atoms with E-state index in [0.717, 1.165) is 12.1 Å². The zero-order valence-corrected chi connectivity index (χ0v) is 24.4. The number of hydrogen-bond donors (Lipinski definition) is 0. The Morgan fingerprint density at radius 1 is 0.595 bits per heavy atom. The molecule has 0 bridgehead atoms. The van der Waals surface area contributed by atoms with Crippen molar-refractivity contribution in [1.29, 1.82) is 0 Å². The van der Waals surface area contributed by atoms with E-state index in [-0.39, 0.29) is 0 Å². The second-order valence-electron chi connectivity index (χ2n) is 11.3. The summed E-state index contributed by atoms with van der Waals surface area (Å²) in [6.45, 7) is 11.9. The highest BCUT2D eigenvalue weighted by atomic mass is 15.1. The van der Waals surface area contributed by atoms with Crippen molar-refractivity contribution in [2.75, 3.05) is 11.4 Å². The van der Waals surface area contributed by atoms with Crippen LogP contribution < -0.4 is 4.90 Å². The molecule has 7 rings (SSSR count). The van der Waals surface area contributed by atoms with E-state index in [2.05, 4.69) is 164 Å². The van der Waals surface area contributed by atoms with Gasteiger partial charge in [0.25, 0.3) is 0 Å². The molecule has 2 heterocycles. The number of fused-ring (bicyclic) bond motifs is 4. The summed E-state index contributed by atoms with van der Waals surface area (Å²) in [5.74, 6) is 0. The maximum atomic E-state index is 4.50. The van der Waals surface area contributed by atoms with Gasteiger partial charge in [-0.05, 0) is 97.1 Å². The van der Waals surface area contributed by atoms with E-state index in [1.54, 1.807) is 0 Å². The summed E-state index contributed by atoms with van der Waals surface area (Å²) in [6, 6.07) is 39.6. The molecule has 0 radical (unpaired) electrons. The minimum atomic E-state index is 0.776. The molecule has 42 heavy (non-hydrogen) atoms. The second-order valence-corrected chi connectivity index (χ2v) is 11.3. The van der Waals surface area contributed by atoms with E-state index in [1.165, 1.54) is 72.3 Å². The molecule has 0 fully saturated rings. The van der Waals surface area contributed by atoms with Crippen LogP contribution in [0.2, 0.25) is 0 Å². The van der Waals surface area contributed by atoms with Gasteiger partial charge < -0.3 is 9.47 Å². The van der Waals surface area contributed by atoms with Gasteiger partial charge in [-0.15, -0.1) is 0 Å². The molecule has 2 heteroatoms. The third kappa shape index (κ3) is 4.37. The summed E-state index contributed by atoms with van der Waals surface area (Å²) < 4.78 is 2.40. The number of aryl methyl sites for hydroxylation is 2. The van der Waals surface area contributed by atoms with Crippen molar-refractivity contribution in [3.8, 4) is 16.8 Å². The molecule has 0 saturated heterocycles. The van der Waals surface area contributed by atoms with E-state index in [4.69, 9.17) is 0 Å². The molecule has 204 valence electrons. The van der Waals surface area contributed by atoms with Crippen LogP contribution >= 0.6 is 0 Å². The lowest BCUT2D eigenvalue weighted by Gasteiger charge is -2.28. The Morgan fingerprint density at radius 3 is 1.95 bits per heavy atom. The summed E-state index contributed by atoms with van der Waals surface area (Å²) in [5.41, 5.74) is 14.3. The maximum absolute atomic E-state index is 4.50. The fourth-order valence-electron chi connectivity index (χ4n) is 6.40. The number of hydrogen-bond acceptors (Lipinski definition) is 1. The number of nitrogens with zero attached hydrogens (tertiary/aromatic N) is 2. The van der Waals surface area contributed by atoms with E-state index >= 15 is 0 Å². The van der Waals surface area contributed by atoms with E-state index in [9.17, 15) is 0 Å². The van der Waals surface area contributed by atoms with Crippen LogP contribution in [0.5, 0.6) is 0 Å². The summed E-state index contributed by atoms with van der Waals surface area (Å²) in [6.07, 6.45) is 6.63. The predicted octanol–water partition coefficient (Wildman–Crippen LogP) is 10.7. The Hall–Kier alpha value is -5.08. The van der Waals surface area contributed by atoms with Crippen molar-refractivity contribution in [2.24, 2.45) is 0 Å². The van der Waals surface area contributed by atoms with Crippen LogP contribution in [0.25, 0.3) is 44.2 Å². The average Bonchev–Trinajstić information content (AvgIpc) is 3.36. The third-order valence-corrected chi connectivity index (χ3v) is 8.47. The molecular formula is C40H34N2. The first-order valence-electron chi connectivity index (χ1n) is 14.6. The van der Waals surface area contributed by atoms with Gasteiger partial charge in [-0.3, -0.25) is 0 Å². The smallest absolute Gasteiger partial charge is 0.0541 e. The van der Waals surface area contributed by atoms with Gasteiger partial charge in [0, 0.05) is 39.9 Å². The predicted molar refractivity (Wildman–Crippen MR) is 181 cm³/mol. The molecule has 1 aromatic heterocycles. The first kappa shape index (κ1) is 25.9. The molecule has 0 unspecified atom stereocenters. The standard InChI is InChI=1S/C40H34N2/c1-27-13-12-22-41(31-14-6-5-7-15-31)40-26-36(30(4)24-37(40)29(3)23-27)35-25-32(21-20-28(35)2)42-38-18-10-8-16-33(38)34-17-9-11-19-39(34)42/h5-21,23-26H,3,22H2,1-2,4H3/b13-12-,27-23-. The summed E-state index contributed by atoms with van der Waals surface area (Å²) in [4.78, 5) is 2.40. The molecular weight excluding hydrogens is 508 g/mol. The van der Waals surface area contributed by atoms with Gasteiger partial charge in [-0.2, -0.15) is 0 Å². The summed E-state index contributed by atoms with van der Waals surface area (Å²) >= 11 is 0. The Balaban J connectivity index is 1.46. The van der Waals surface area contributed by atoms with Gasteiger partial charge in [0.05, 0.1) is 11.0 Å². The van der Waals surface area contributed by atoms with Crippen molar-refractivity contribution < 1.29 is 0 Å². The van der Waals surface area contributed by atoms with Crippen LogP contribution in [0.4, 0.5) is 11.4 Å². The first-order valence-corrected chi connectivity index (χ1v) is 14.6. The van der Waals surface area contributed by atoms with Crippen LogP contribution in [0, 0.1) is 13.8 Å². The SMILES string of the molecule is C=C1/C=C(C)\C=C/CN(c2ccccc2)c2cc(-c3cc(-n4c5ccccc5c5ccccc54)ccc3C)c(C)cc21. The Labute approximate surface area is 248 Å². The molecule has 6 aromatic rings. The van der Waals surface area contributed by atoms with Gasteiger partial charge in [-0.1, -0.05) is 91.0 Å². The van der Waals surface area contributed by atoms with Gasteiger partial charge >= 0.3 is 0 Å².